The minimum absolute atomic E-state index is 0.132. The van der Waals surface area contributed by atoms with Gasteiger partial charge in [-0.1, -0.05) is 18.2 Å². The molecule has 3 aromatic rings. The summed E-state index contributed by atoms with van der Waals surface area (Å²) in [5.41, 5.74) is 0.348. The lowest BCUT2D eigenvalue weighted by Gasteiger charge is -2.13. The van der Waals surface area contributed by atoms with Crippen LogP contribution in [0, 0.1) is 23.8 Å². The monoisotopic (exact) mass is 647 g/mol. The predicted molar refractivity (Wildman–Crippen MR) is 148 cm³/mol. The summed E-state index contributed by atoms with van der Waals surface area (Å²) in [5, 5.41) is 22.1. The van der Waals surface area contributed by atoms with Crippen molar-refractivity contribution in [1.82, 2.24) is 4.90 Å². The molecule has 1 aliphatic heterocycles. The van der Waals surface area contributed by atoms with E-state index in [1.807, 2.05) is 24.3 Å². The van der Waals surface area contributed by atoms with E-state index in [1.54, 1.807) is 25.1 Å². The van der Waals surface area contributed by atoms with Crippen molar-refractivity contribution in [1.29, 1.82) is 0 Å². The maximum absolute atomic E-state index is 12.9. The Hall–Kier alpha value is -3.98. The Balaban J connectivity index is 1.59. The lowest BCUT2D eigenvalue weighted by atomic mass is 10.1. The van der Waals surface area contributed by atoms with Crippen LogP contribution in [0.2, 0.25) is 0 Å². The maximum atomic E-state index is 12.9. The van der Waals surface area contributed by atoms with Crippen LogP contribution in [-0.2, 0) is 11.3 Å². The molecule has 1 saturated heterocycles. The molecule has 13 heteroatoms. The number of rotatable bonds is 9. The molecule has 38 heavy (non-hydrogen) atoms. The number of nitrogens with zero attached hydrogens (tertiary/aromatic N) is 3. The maximum Gasteiger partial charge on any atom is 0.318 e. The van der Waals surface area contributed by atoms with Crippen LogP contribution < -0.4 is 9.47 Å². The number of non-ortho nitro benzene ring substituents is 1. The van der Waals surface area contributed by atoms with Gasteiger partial charge in [-0.2, -0.15) is 0 Å². The van der Waals surface area contributed by atoms with Crippen LogP contribution in [-0.4, -0.2) is 32.5 Å². The molecular weight excluding hydrogens is 629 g/mol. The highest BCUT2D eigenvalue weighted by Gasteiger charge is 2.35. The third-order valence-electron chi connectivity index (χ3n) is 5.26. The highest BCUT2D eigenvalue weighted by atomic mass is 127. The van der Waals surface area contributed by atoms with E-state index in [2.05, 4.69) is 22.6 Å². The van der Waals surface area contributed by atoms with Crippen LogP contribution >= 0.6 is 34.4 Å². The van der Waals surface area contributed by atoms with Gasteiger partial charge in [0, 0.05) is 9.64 Å². The zero-order valence-electron chi connectivity index (χ0n) is 19.7. The number of nitro benzene ring substituents is 2. The zero-order valence-corrected chi connectivity index (χ0v) is 22.6. The van der Waals surface area contributed by atoms with Gasteiger partial charge in [0.15, 0.2) is 11.5 Å². The Bertz CT molecular complexity index is 1480. The van der Waals surface area contributed by atoms with Crippen LogP contribution in [0.1, 0.15) is 18.1 Å². The van der Waals surface area contributed by atoms with Gasteiger partial charge in [0.25, 0.3) is 16.8 Å². The first-order valence-corrected chi connectivity index (χ1v) is 12.9. The summed E-state index contributed by atoms with van der Waals surface area (Å²) < 4.78 is 12.4. The fourth-order valence-electron chi connectivity index (χ4n) is 3.49. The third-order valence-corrected chi connectivity index (χ3v) is 6.89. The number of benzene rings is 3. The normalized spacial score (nSPS) is 14.2. The molecule has 1 aliphatic rings. The summed E-state index contributed by atoms with van der Waals surface area (Å²) in [4.78, 5) is 47.8. The molecule has 0 radical (unpaired) electrons. The van der Waals surface area contributed by atoms with Gasteiger partial charge in [0.1, 0.15) is 0 Å². The molecule has 0 aromatic heterocycles. The van der Waals surface area contributed by atoms with E-state index in [9.17, 15) is 29.8 Å². The van der Waals surface area contributed by atoms with Crippen molar-refractivity contribution in [2.75, 3.05) is 6.61 Å². The zero-order chi connectivity index (χ0) is 27.4. The van der Waals surface area contributed by atoms with E-state index in [-0.39, 0.29) is 40.5 Å². The molecule has 3 aromatic carbocycles. The van der Waals surface area contributed by atoms with Gasteiger partial charge in [-0.25, -0.2) is 0 Å². The molecule has 1 fully saturated rings. The van der Waals surface area contributed by atoms with Crippen molar-refractivity contribution in [2.45, 2.75) is 13.5 Å². The van der Waals surface area contributed by atoms with Gasteiger partial charge >= 0.3 is 5.69 Å². The van der Waals surface area contributed by atoms with Crippen LogP contribution in [0.4, 0.5) is 16.2 Å². The standard InChI is InChI=1S/C25H18IN3O8S/c1-2-36-22-11-16(5-9-21(22)37-20-10-8-18(28(32)33)13-19(20)29(34)35)12-23-24(30)27(25(31)38-23)14-15-3-6-17(26)7-4-15/h3-13H,2,14H2,1H3/b23-12+. The van der Waals surface area contributed by atoms with E-state index in [0.29, 0.717) is 5.56 Å². The molecular formula is C25H18IN3O8S. The van der Waals surface area contributed by atoms with Gasteiger partial charge < -0.3 is 9.47 Å². The Morgan fingerprint density at radius 1 is 0.947 bits per heavy atom. The minimum Gasteiger partial charge on any atom is -0.490 e. The first-order chi connectivity index (χ1) is 18.2. The lowest BCUT2D eigenvalue weighted by molar-refractivity contribution is -0.394. The summed E-state index contributed by atoms with van der Waals surface area (Å²) in [6.45, 7) is 2.14. The molecule has 0 atom stereocenters. The molecule has 4 rings (SSSR count). The highest BCUT2D eigenvalue weighted by molar-refractivity contribution is 14.1. The fraction of sp³-hybridized carbons (Fsp3) is 0.120. The van der Waals surface area contributed by atoms with Gasteiger partial charge in [-0.3, -0.25) is 34.7 Å². The smallest absolute Gasteiger partial charge is 0.318 e. The molecule has 0 N–H and O–H groups in total. The average Bonchev–Trinajstić information content (AvgIpc) is 3.14. The molecule has 1 heterocycles. The van der Waals surface area contributed by atoms with Gasteiger partial charge in [-0.05, 0) is 88.8 Å². The Morgan fingerprint density at radius 3 is 2.32 bits per heavy atom. The number of thioether (sulfide) groups is 1. The summed E-state index contributed by atoms with van der Waals surface area (Å²) in [5.74, 6) is -0.260. The second-order valence-corrected chi connectivity index (χ2v) is 10.0. The van der Waals surface area contributed by atoms with Crippen molar-refractivity contribution in [3.8, 4) is 17.2 Å². The predicted octanol–water partition coefficient (Wildman–Crippen LogP) is 6.54. The van der Waals surface area contributed by atoms with Gasteiger partial charge in [0.2, 0.25) is 5.75 Å². The number of amides is 2. The SMILES string of the molecule is CCOc1cc(/C=C2/SC(=O)N(Cc3ccc(I)cc3)C2=O)ccc1Oc1ccc([N+](=O)[O-])cc1[N+](=O)[O-]. The van der Waals surface area contributed by atoms with Crippen molar-refractivity contribution >= 4 is 62.9 Å². The molecule has 0 bridgehead atoms. The molecule has 2 amide bonds. The number of imide groups is 1. The third kappa shape index (κ3) is 6.11. The van der Waals surface area contributed by atoms with E-state index in [4.69, 9.17) is 9.47 Å². The summed E-state index contributed by atoms with van der Waals surface area (Å²) >= 11 is 3.00. The largest absolute Gasteiger partial charge is 0.490 e. The van der Waals surface area contributed by atoms with E-state index in [1.165, 1.54) is 11.0 Å². The molecule has 194 valence electrons. The summed E-state index contributed by atoms with van der Waals surface area (Å²) in [6, 6.07) is 15.2. The van der Waals surface area contributed by atoms with E-state index in [0.717, 1.165) is 39.1 Å². The Morgan fingerprint density at radius 2 is 1.66 bits per heavy atom. The molecule has 0 spiro atoms. The first-order valence-electron chi connectivity index (χ1n) is 11.0. The van der Waals surface area contributed by atoms with Crippen molar-refractivity contribution in [3.63, 3.8) is 0 Å². The molecule has 0 aliphatic carbocycles. The minimum atomic E-state index is -0.774. The van der Waals surface area contributed by atoms with Crippen molar-refractivity contribution in [3.05, 3.63) is 100 Å². The van der Waals surface area contributed by atoms with Crippen LogP contribution in [0.25, 0.3) is 6.08 Å². The van der Waals surface area contributed by atoms with Gasteiger partial charge in [0.05, 0.1) is 34.0 Å². The molecule has 11 nitrogen and oxygen atoms in total. The van der Waals surface area contributed by atoms with Crippen molar-refractivity contribution in [2.24, 2.45) is 0 Å². The summed E-state index contributed by atoms with van der Waals surface area (Å²) in [7, 11) is 0. The number of carbonyl (C=O) groups excluding carboxylic acids is 2. The summed E-state index contributed by atoms with van der Waals surface area (Å²) in [6.07, 6.45) is 1.56. The number of hydrogen-bond donors (Lipinski definition) is 0. The average molecular weight is 647 g/mol. The van der Waals surface area contributed by atoms with Crippen LogP contribution in [0.15, 0.2) is 65.6 Å². The van der Waals surface area contributed by atoms with Crippen LogP contribution in [0.5, 0.6) is 17.2 Å². The number of carbonyl (C=O) groups is 2. The number of ether oxygens (including phenoxy) is 2. The second kappa shape index (κ2) is 11.6. The number of nitro groups is 2. The van der Waals surface area contributed by atoms with Crippen LogP contribution in [0.3, 0.4) is 0 Å². The van der Waals surface area contributed by atoms with Crippen molar-refractivity contribution < 1.29 is 28.9 Å². The topological polar surface area (TPSA) is 142 Å². The highest BCUT2D eigenvalue weighted by Crippen LogP contribution is 2.40. The van der Waals surface area contributed by atoms with E-state index < -0.39 is 27.1 Å². The van der Waals surface area contributed by atoms with E-state index >= 15 is 0 Å². The number of hydrogen-bond acceptors (Lipinski definition) is 9. The quantitative estimate of drug-likeness (QED) is 0.110. The Labute approximate surface area is 233 Å². The second-order valence-electron chi connectivity index (χ2n) is 7.80. The first kappa shape index (κ1) is 27.1. The fourth-order valence-corrected chi connectivity index (χ4v) is 4.69. The van der Waals surface area contributed by atoms with Gasteiger partial charge in [-0.15, -0.1) is 0 Å². The Kier molecular flexibility index (Phi) is 8.26. The molecule has 0 unspecified atom stereocenters. The number of halogens is 1. The molecule has 0 saturated carbocycles. The lowest BCUT2D eigenvalue weighted by Crippen LogP contribution is -2.27.